The number of nitrogens with zero attached hydrogens (tertiary/aromatic N) is 2. The number of piperidine rings is 1. The first-order valence-corrected chi connectivity index (χ1v) is 9.52. The van der Waals surface area contributed by atoms with E-state index in [0.717, 1.165) is 44.5 Å². The Kier molecular flexibility index (Phi) is 4.54. The zero-order chi connectivity index (χ0) is 16.4. The fourth-order valence-electron chi connectivity index (χ4n) is 3.35. The summed E-state index contributed by atoms with van der Waals surface area (Å²) in [5.41, 5.74) is 5.43. The summed E-state index contributed by atoms with van der Waals surface area (Å²) >= 11 is 0. The number of sulfonamides is 1. The van der Waals surface area contributed by atoms with Crippen LogP contribution in [-0.4, -0.2) is 44.3 Å². The molecule has 2 fully saturated rings. The van der Waals surface area contributed by atoms with E-state index in [1.165, 1.54) is 6.20 Å². The molecule has 0 unspecified atom stereocenters. The summed E-state index contributed by atoms with van der Waals surface area (Å²) in [6.07, 6.45) is 6.05. The third kappa shape index (κ3) is 3.18. The summed E-state index contributed by atoms with van der Waals surface area (Å²) in [7, 11) is -3.44. The van der Waals surface area contributed by atoms with Crippen LogP contribution in [0.1, 0.15) is 32.1 Å². The molecular formula is C15H23N4O3S+. The second-order valence-electron chi connectivity index (χ2n) is 6.13. The molecule has 0 radical (unpaired) electrons. The zero-order valence-corrected chi connectivity index (χ0v) is 13.9. The van der Waals surface area contributed by atoms with Crippen molar-refractivity contribution in [3.05, 3.63) is 18.3 Å². The van der Waals surface area contributed by atoms with Gasteiger partial charge in [0.2, 0.25) is 10.0 Å². The molecule has 1 amide bonds. The number of nitrogens with two attached hydrogens (primary N) is 1. The highest BCUT2D eigenvalue weighted by Crippen LogP contribution is 2.24. The van der Waals surface area contributed by atoms with Crippen LogP contribution in [0.5, 0.6) is 0 Å². The fraction of sp³-hybridized carbons (Fsp3) is 0.600. The van der Waals surface area contributed by atoms with Crippen LogP contribution < -0.4 is 15.6 Å². The van der Waals surface area contributed by atoms with Gasteiger partial charge in [0.15, 0.2) is 6.04 Å². The van der Waals surface area contributed by atoms with Gasteiger partial charge in [0.05, 0.1) is 6.54 Å². The van der Waals surface area contributed by atoms with Crippen molar-refractivity contribution in [1.29, 1.82) is 0 Å². The van der Waals surface area contributed by atoms with Gasteiger partial charge in [-0.25, -0.2) is 18.3 Å². The van der Waals surface area contributed by atoms with Crippen molar-refractivity contribution >= 4 is 21.7 Å². The molecule has 126 valence electrons. The molecule has 2 aliphatic heterocycles. The molecule has 3 N–H and O–H groups in total. The first kappa shape index (κ1) is 16.2. The molecule has 23 heavy (non-hydrogen) atoms. The summed E-state index contributed by atoms with van der Waals surface area (Å²) in [5, 5.41) is 0. The fourth-order valence-corrected chi connectivity index (χ4v) is 4.83. The minimum Gasteiger partial charge on any atom is -0.366 e. The number of carbonyl (C=O) groups is 1. The monoisotopic (exact) mass is 339 g/mol. The number of rotatable bonds is 4. The molecule has 1 aromatic heterocycles. The second kappa shape index (κ2) is 6.45. The Morgan fingerprint density at radius 1 is 1.13 bits per heavy atom. The quantitative estimate of drug-likeness (QED) is 0.843. The van der Waals surface area contributed by atoms with Gasteiger partial charge >= 0.3 is 0 Å². The maximum Gasteiger partial charge on any atom is 0.275 e. The normalized spacial score (nSPS) is 23.1. The number of hydrogen-bond acceptors (Lipinski definition) is 4. The number of amides is 1. The largest absolute Gasteiger partial charge is 0.366 e. The lowest BCUT2D eigenvalue weighted by molar-refractivity contribution is -0.367. The van der Waals surface area contributed by atoms with Gasteiger partial charge in [0.1, 0.15) is 11.1 Å². The Labute approximate surface area is 136 Å². The zero-order valence-electron chi connectivity index (χ0n) is 13.1. The van der Waals surface area contributed by atoms with Gasteiger partial charge < -0.3 is 5.73 Å². The second-order valence-corrected chi connectivity index (χ2v) is 8.07. The van der Waals surface area contributed by atoms with E-state index < -0.39 is 10.0 Å². The number of anilines is 1. The van der Waals surface area contributed by atoms with Gasteiger partial charge in [-0.2, -0.15) is 4.31 Å². The van der Waals surface area contributed by atoms with Crippen molar-refractivity contribution in [2.45, 2.75) is 43.0 Å². The third-order valence-corrected chi connectivity index (χ3v) is 6.51. The molecule has 0 bridgehead atoms. The van der Waals surface area contributed by atoms with Crippen molar-refractivity contribution in [2.75, 3.05) is 24.5 Å². The molecule has 2 aliphatic rings. The minimum absolute atomic E-state index is 0.262. The number of carbonyl (C=O) groups excluding carboxylic acids is 1. The highest BCUT2D eigenvalue weighted by molar-refractivity contribution is 7.89. The number of aromatic nitrogens is 1. The molecule has 3 rings (SSSR count). The highest BCUT2D eigenvalue weighted by Gasteiger charge is 2.36. The number of H-pyrrole nitrogens is 1. The first-order valence-electron chi connectivity index (χ1n) is 8.08. The van der Waals surface area contributed by atoms with Gasteiger partial charge in [-0.1, -0.05) is 6.42 Å². The summed E-state index contributed by atoms with van der Waals surface area (Å²) in [5.74, 6) is 0.379. The van der Waals surface area contributed by atoms with Crippen LogP contribution in [0.2, 0.25) is 0 Å². The maximum absolute atomic E-state index is 12.6. The molecular weight excluding hydrogens is 316 g/mol. The van der Waals surface area contributed by atoms with Crippen molar-refractivity contribution in [3.63, 3.8) is 0 Å². The number of aromatic amines is 1. The third-order valence-electron chi connectivity index (χ3n) is 4.61. The number of pyridine rings is 1. The summed E-state index contributed by atoms with van der Waals surface area (Å²) < 4.78 is 26.8. The van der Waals surface area contributed by atoms with Gasteiger partial charge in [0, 0.05) is 25.6 Å². The van der Waals surface area contributed by atoms with E-state index >= 15 is 0 Å². The number of nitrogens with one attached hydrogen (secondary N) is 1. The Morgan fingerprint density at radius 3 is 2.48 bits per heavy atom. The van der Waals surface area contributed by atoms with Crippen molar-refractivity contribution in [3.8, 4) is 0 Å². The van der Waals surface area contributed by atoms with E-state index in [1.54, 1.807) is 16.4 Å². The standard InChI is InChI=1S/C15H22N4O3S/c16-15(20)13-5-4-10-19(13)14-7-6-12(11-17-14)23(21,22)18-8-2-1-3-9-18/h6-7,11,13H,1-5,8-10H2,(H2,16,20)/p+1/t13-/m0/s1. The Bertz CT molecular complexity index is 668. The topological polar surface area (TPSA) is 97.8 Å². The summed E-state index contributed by atoms with van der Waals surface area (Å²) in [4.78, 5) is 16.7. The predicted octanol–water partition coefficient (Wildman–Crippen LogP) is 0.129. The predicted molar refractivity (Wildman–Crippen MR) is 85.2 cm³/mol. The van der Waals surface area contributed by atoms with E-state index in [4.69, 9.17) is 5.73 Å². The van der Waals surface area contributed by atoms with Gasteiger partial charge in [0.25, 0.3) is 11.7 Å². The lowest BCUT2D eigenvalue weighted by Crippen LogP contribution is -2.42. The van der Waals surface area contributed by atoms with Crippen molar-refractivity contribution < 1.29 is 18.2 Å². The van der Waals surface area contributed by atoms with E-state index in [0.29, 0.717) is 13.1 Å². The maximum atomic E-state index is 12.6. The van der Waals surface area contributed by atoms with Crippen LogP contribution in [0.25, 0.3) is 0 Å². The SMILES string of the molecule is NC(=O)[C@@H]1CCCN1c1ccc(S(=O)(=O)N2CCCCC2)c[nH+]1. The molecule has 1 aromatic rings. The number of hydrogen-bond donors (Lipinski definition) is 1. The molecule has 0 spiro atoms. The summed E-state index contributed by atoms with van der Waals surface area (Å²) in [6.45, 7) is 1.91. The van der Waals surface area contributed by atoms with Gasteiger partial charge in [-0.15, -0.1) is 0 Å². The summed E-state index contributed by atoms with van der Waals surface area (Å²) in [6, 6.07) is 3.00. The van der Waals surface area contributed by atoms with Crippen molar-refractivity contribution in [2.24, 2.45) is 5.73 Å². The van der Waals surface area contributed by atoms with E-state index in [9.17, 15) is 13.2 Å². The molecule has 0 aromatic carbocycles. The van der Waals surface area contributed by atoms with Crippen LogP contribution in [0, 0.1) is 0 Å². The molecule has 0 saturated carbocycles. The lowest BCUT2D eigenvalue weighted by atomic mass is 10.2. The Hall–Kier alpha value is -1.67. The Balaban J connectivity index is 1.80. The highest BCUT2D eigenvalue weighted by atomic mass is 32.2. The smallest absolute Gasteiger partial charge is 0.275 e. The van der Waals surface area contributed by atoms with E-state index in [2.05, 4.69) is 4.98 Å². The minimum atomic E-state index is -3.44. The van der Waals surface area contributed by atoms with Crippen LogP contribution in [-0.2, 0) is 14.8 Å². The van der Waals surface area contributed by atoms with E-state index in [-0.39, 0.29) is 16.8 Å². The Morgan fingerprint density at radius 2 is 1.87 bits per heavy atom. The molecule has 1 atom stereocenters. The number of primary amides is 1. The van der Waals surface area contributed by atoms with Gasteiger partial charge in [-0.05, 0) is 25.3 Å². The lowest BCUT2D eigenvalue weighted by Gasteiger charge is -2.25. The van der Waals surface area contributed by atoms with Crippen LogP contribution in [0.3, 0.4) is 0 Å². The average molecular weight is 339 g/mol. The first-order chi connectivity index (χ1) is 11.0. The van der Waals surface area contributed by atoms with E-state index in [1.807, 2.05) is 4.90 Å². The molecule has 8 heteroatoms. The van der Waals surface area contributed by atoms with Crippen molar-refractivity contribution in [1.82, 2.24) is 4.31 Å². The van der Waals surface area contributed by atoms with Crippen LogP contribution in [0.15, 0.2) is 23.2 Å². The molecule has 2 saturated heterocycles. The molecule has 0 aliphatic carbocycles. The van der Waals surface area contributed by atoms with Gasteiger partial charge in [-0.3, -0.25) is 4.79 Å². The molecule has 3 heterocycles. The molecule has 7 nitrogen and oxygen atoms in total. The van der Waals surface area contributed by atoms with Crippen LogP contribution >= 0.6 is 0 Å². The average Bonchev–Trinajstić information content (AvgIpc) is 3.06. The van der Waals surface area contributed by atoms with Crippen LogP contribution in [0.4, 0.5) is 5.82 Å².